The van der Waals surface area contributed by atoms with E-state index in [1.165, 1.54) is 12.1 Å². The largest absolute Gasteiger partial charge is 0.334 e. The Hall–Kier alpha value is -1.59. The molecule has 2 aromatic carbocycles. The maximum atomic E-state index is 13.1. The fraction of sp³-hybridized carbons (Fsp3) is 0.318. The topological polar surface area (TPSA) is 23.6 Å². The van der Waals surface area contributed by atoms with E-state index in [4.69, 9.17) is 23.2 Å². The van der Waals surface area contributed by atoms with Crippen LogP contribution in [0.3, 0.4) is 0 Å². The van der Waals surface area contributed by atoms with Gasteiger partial charge in [0.2, 0.25) is 5.91 Å². The third-order valence-electron chi connectivity index (χ3n) is 5.07. The van der Waals surface area contributed by atoms with Gasteiger partial charge in [-0.05, 0) is 55.3 Å². The van der Waals surface area contributed by atoms with E-state index in [9.17, 15) is 9.18 Å². The molecule has 3 nitrogen and oxygen atoms in total. The number of rotatable bonds is 4. The van der Waals surface area contributed by atoms with Crippen LogP contribution in [0, 0.1) is 5.82 Å². The Morgan fingerprint density at radius 1 is 1.10 bits per heavy atom. The Bertz CT molecular complexity index is 873. The third-order valence-corrected chi connectivity index (χ3v) is 5.63. The van der Waals surface area contributed by atoms with E-state index in [1.54, 1.807) is 30.4 Å². The van der Waals surface area contributed by atoms with Crippen molar-refractivity contribution in [3.63, 3.8) is 0 Å². The number of piperazine rings is 1. The van der Waals surface area contributed by atoms with Crippen molar-refractivity contribution >= 4 is 47.6 Å². The van der Waals surface area contributed by atoms with Crippen molar-refractivity contribution in [2.75, 3.05) is 13.1 Å². The number of halogens is 4. The van der Waals surface area contributed by atoms with Crippen LogP contribution in [0.1, 0.15) is 25.0 Å². The third kappa shape index (κ3) is 6.19. The van der Waals surface area contributed by atoms with E-state index < -0.39 is 0 Å². The highest BCUT2D eigenvalue weighted by Gasteiger charge is 2.30. The second-order valence-corrected chi connectivity index (χ2v) is 8.09. The molecule has 7 heteroatoms. The second kappa shape index (κ2) is 10.4. The monoisotopic (exact) mass is 456 g/mol. The van der Waals surface area contributed by atoms with Gasteiger partial charge in [-0.3, -0.25) is 9.69 Å². The summed E-state index contributed by atoms with van der Waals surface area (Å²) in [7, 11) is 0. The zero-order valence-electron chi connectivity index (χ0n) is 16.3. The van der Waals surface area contributed by atoms with E-state index in [0.29, 0.717) is 16.6 Å². The van der Waals surface area contributed by atoms with E-state index in [-0.39, 0.29) is 36.2 Å². The van der Waals surface area contributed by atoms with Crippen molar-refractivity contribution < 1.29 is 9.18 Å². The van der Waals surface area contributed by atoms with Gasteiger partial charge in [0.15, 0.2) is 0 Å². The van der Waals surface area contributed by atoms with Gasteiger partial charge in [-0.2, -0.15) is 0 Å². The minimum Gasteiger partial charge on any atom is -0.334 e. The predicted octanol–water partition coefficient (Wildman–Crippen LogP) is 5.69. The van der Waals surface area contributed by atoms with Gasteiger partial charge >= 0.3 is 0 Å². The molecule has 0 spiro atoms. The van der Waals surface area contributed by atoms with Crippen LogP contribution in [0.5, 0.6) is 0 Å². The van der Waals surface area contributed by atoms with Gasteiger partial charge in [0, 0.05) is 47.8 Å². The summed E-state index contributed by atoms with van der Waals surface area (Å²) in [6.45, 7) is 6.30. The predicted molar refractivity (Wildman–Crippen MR) is 120 cm³/mol. The molecule has 1 aliphatic rings. The molecule has 2 aromatic rings. The maximum Gasteiger partial charge on any atom is 0.246 e. The fourth-order valence-electron chi connectivity index (χ4n) is 3.44. The first kappa shape index (κ1) is 23.7. The average Bonchev–Trinajstić information content (AvgIpc) is 2.65. The summed E-state index contributed by atoms with van der Waals surface area (Å²) in [5.41, 5.74) is 1.83. The Morgan fingerprint density at radius 3 is 2.45 bits per heavy atom. The summed E-state index contributed by atoms with van der Waals surface area (Å²) in [6.07, 6.45) is 3.29. The summed E-state index contributed by atoms with van der Waals surface area (Å²) in [6, 6.07) is 12.1. The zero-order chi connectivity index (χ0) is 20.3. The molecule has 0 aliphatic carbocycles. The van der Waals surface area contributed by atoms with Crippen LogP contribution in [0.15, 0.2) is 48.5 Å². The van der Waals surface area contributed by atoms with E-state index in [1.807, 2.05) is 24.0 Å². The summed E-state index contributed by atoms with van der Waals surface area (Å²) in [4.78, 5) is 16.9. The molecule has 0 aromatic heterocycles. The molecule has 0 saturated carbocycles. The molecule has 1 fully saturated rings. The van der Waals surface area contributed by atoms with Gasteiger partial charge in [-0.15, -0.1) is 12.4 Å². The number of benzene rings is 2. The molecular formula is C22H24Cl3FN2O. The van der Waals surface area contributed by atoms with Crippen molar-refractivity contribution in [1.29, 1.82) is 0 Å². The number of amides is 1. The lowest BCUT2D eigenvalue weighted by Crippen LogP contribution is -2.57. The summed E-state index contributed by atoms with van der Waals surface area (Å²) in [5.74, 6) is -0.264. The number of carbonyl (C=O) groups excluding carboxylic acids is 1. The minimum atomic E-state index is -0.229. The Morgan fingerprint density at radius 2 is 1.79 bits per heavy atom. The minimum absolute atomic E-state index is 0. The highest BCUT2D eigenvalue weighted by Crippen LogP contribution is 2.23. The fourth-order valence-corrected chi connectivity index (χ4v) is 3.91. The molecule has 0 N–H and O–H groups in total. The molecule has 1 heterocycles. The quantitative estimate of drug-likeness (QED) is 0.551. The highest BCUT2D eigenvalue weighted by atomic mass is 35.5. The van der Waals surface area contributed by atoms with E-state index >= 15 is 0 Å². The molecule has 1 amide bonds. The van der Waals surface area contributed by atoms with Crippen LogP contribution >= 0.6 is 35.6 Å². The van der Waals surface area contributed by atoms with Crippen molar-refractivity contribution in [3.8, 4) is 0 Å². The lowest BCUT2D eigenvalue weighted by Gasteiger charge is -2.44. The Kier molecular flexibility index (Phi) is 8.53. The van der Waals surface area contributed by atoms with Gasteiger partial charge in [0.1, 0.15) is 5.82 Å². The summed E-state index contributed by atoms with van der Waals surface area (Å²) >= 11 is 12.1. The van der Waals surface area contributed by atoms with E-state index in [0.717, 1.165) is 24.2 Å². The van der Waals surface area contributed by atoms with Crippen LogP contribution in [-0.2, 0) is 11.3 Å². The molecule has 29 heavy (non-hydrogen) atoms. The van der Waals surface area contributed by atoms with Crippen molar-refractivity contribution in [2.24, 2.45) is 0 Å². The molecule has 2 atom stereocenters. The number of nitrogens with zero attached hydrogens (tertiary/aromatic N) is 2. The van der Waals surface area contributed by atoms with Crippen LogP contribution in [0.25, 0.3) is 6.08 Å². The van der Waals surface area contributed by atoms with Crippen LogP contribution in [0.2, 0.25) is 10.0 Å². The molecule has 0 bridgehead atoms. The van der Waals surface area contributed by atoms with Crippen molar-refractivity contribution in [3.05, 3.63) is 75.5 Å². The van der Waals surface area contributed by atoms with Gasteiger partial charge in [-0.25, -0.2) is 4.39 Å². The molecule has 0 radical (unpaired) electrons. The number of carbonyl (C=O) groups is 1. The smallest absolute Gasteiger partial charge is 0.246 e. The first-order valence-corrected chi connectivity index (χ1v) is 10.0. The van der Waals surface area contributed by atoms with Gasteiger partial charge in [0.25, 0.3) is 0 Å². The standard InChI is InChI=1S/C22H23Cl2FN2O.ClH/c1-15-13-27(22(28)10-6-18-5-7-19(23)11-21(18)24)16(2)12-26(15)14-17-3-8-20(25)9-4-17;/h3-11,15-16H,12-14H2,1-2H3;1H/b10-6+;/t15-,16+;/m1./s1. The molecule has 156 valence electrons. The first-order valence-electron chi connectivity index (χ1n) is 9.25. The molecular weight excluding hydrogens is 434 g/mol. The van der Waals surface area contributed by atoms with Crippen LogP contribution in [-0.4, -0.2) is 40.9 Å². The lowest BCUT2D eigenvalue weighted by molar-refractivity contribution is -0.131. The normalized spacial score (nSPS) is 20.0. The van der Waals surface area contributed by atoms with Gasteiger partial charge in [0.05, 0.1) is 0 Å². The van der Waals surface area contributed by atoms with Crippen molar-refractivity contribution in [2.45, 2.75) is 32.5 Å². The van der Waals surface area contributed by atoms with Crippen LogP contribution < -0.4 is 0 Å². The number of hydrogen-bond acceptors (Lipinski definition) is 2. The molecule has 1 saturated heterocycles. The highest BCUT2D eigenvalue weighted by molar-refractivity contribution is 6.35. The van der Waals surface area contributed by atoms with Gasteiger partial charge < -0.3 is 4.90 Å². The van der Waals surface area contributed by atoms with Gasteiger partial charge in [-0.1, -0.05) is 41.4 Å². The molecule has 0 unspecified atom stereocenters. The SMILES string of the molecule is C[C@@H]1CN(C(=O)/C=C/c2ccc(Cl)cc2Cl)[C@@H](C)CN1Cc1ccc(F)cc1.Cl. The van der Waals surface area contributed by atoms with Crippen LogP contribution in [0.4, 0.5) is 4.39 Å². The maximum absolute atomic E-state index is 13.1. The second-order valence-electron chi connectivity index (χ2n) is 7.24. The molecule has 1 aliphatic heterocycles. The van der Waals surface area contributed by atoms with Crippen molar-refractivity contribution in [1.82, 2.24) is 9.80 Å². The zero-order valence-corrected chi connectivity index (χ0v) is 18.6. The average molecular weight is 458 g/mol. The number of hydrogen-bond donors (Lipinski definition) is 0. The molecule has 3 rings (SSSR count). The summed E-state index contributed by atoms with van der Waals surface area (Å²) < 4.78 is 13.1. The first-order chi connectivity index (χ1) is 13.3. The Labute approximate surface area is 187 Å². The van der Waals surface area contributed by atoms with E-state index in [2.05, 4.69) is 11.8 Å². The lowest BCUT2D eigenvalue weighted by atomic mass is 10.1. The summed E-state index contributed by atoms with van der Waals surface area (Å²) in [5, 5.41) is 1.08. The Balaban J connectivity index is 0.00000300.